The summed E-state index contributed by atoms with van der Waals surface area (Å²) in [5, 5.41) is 0. The molecular weight excluding hydrogens is 212 g/mol. The average Bonchev–Trinajstić information content (AvgIpc) is 2.50. The molecule has 0 bridgehead atoms. The molecule has 17 heavy (non-hydrogen) atoms. The molecule has 1 fully saturated rings. The summed E-state index contributed by atoms with van der Waals surface area (Å²) in [5.41, 5.74) is 6.13. The van der Waals surface area contributed by atoms with Gasteiger partial charge in [0.1, 0.15) is 0 Å². The number of hydrogen-bond acceptors (Lipinski definition) is 3. The topological polar surface area (TPSA) is 38.5 Å². The van der Waals surface area contributed by atoms with E-state index in [1.165, 1.54) is 32.4 Å². The second kappa shape index (κ2) is 6.72. The smallest absolute Gasteiger partial charge is 0.0820 e. The summed E-state index contributed by atoms with van der Waals surface area (Å²) in [6.07, 6.45) is 4.18. The van der Waals surface area contributed by atoms with Crippen LogP contribution in [0.15, 0.2) is 0 Å². The second-order valence-electron chi connectivity index (χ2n) is 6.39. The summed E-state index contributed by atoms with van der Waals surface area (Å²) < 4.78 is 5.37. The first-order valence-electron chi connectivity index (χ1n) is 6.92. The lowest BCUT2D eigenvalue weighted by molar-refractivity contribution is 0.0699. The van der Waals surface area contributed by atoms with E-state index in [9.17, 15) is 0 Å². The van der Waals surface area contributed by atoms with E-state index in [1.54, 1.807) is 7.11 Å². The van der Waals surface area contributed by atoms with Crippen LogP contribution in [0.3, 0.4) is 0 Å². The molecular formula is C14H30N2O. The molecule has 1 heterocycles. The maximum absolute atomic E-state index is 5.68. The predicted octanol–water partition coefficient (Wildman–Crippen LogP) is 2.11. The molecule has 1 aliphatic heterocycles. The number of methoxy groups -OCH3 is 1. The zero-order valence-electron chi connectivity index (χ0n) is 12.0. The van der Waals surface area contributed by atoms with Crippen molar-refractivity contribution >= 4 is 0 Å². The first-order chi connectivity index (χ1) is 7.97. The molecule has 0 aromatic carbocycles. The van der Waals surface area contributed by atoms with Crippen LogP contribution >= 0.6 is 0 Å². The van der Waals surface area contributed by atoms with Gasteiger partial charge >= 0.3 is 0 Å². The fraction of sp³-hybridized carbons (Fsp3) is 1.00. The van der Waals surface area contributed by atoms with Crippen molar-refractivity contribution in [3.63, 3.8) is 0 Å². The number of hydrogen-bond donors (Lipinski definition) is 1. The zero-order chi connectivity index (χ0) is 12.9. The van der Waals surface area contributed by atoms with Gasteiger partial charge in [-0.15, -0.1) is 0 Å². The highest BCUT2D eigenvalue weighted by molar-refractivity contribution is 4.79. The highest BCUT2D eigenvalue weighted by Gasteiger charge is 2.27. The predicted molar refractivity (Wildman–Crippen MR) is 73.1 cm³/mol. The fourth-order valence-electron chi connectivity index (χ4n) is 2.74. The molecule has 0 radical (unpaired) electrons. The third kappa shape index (κ3) is 4.94. The number of likely N-dealkylation sites (tertiary alicyclic amines) is 1. The van der Waals surface area contributed by atoms with Crippen LogP contribution in [0.4, 0.5) is 0 Å². The molecule has 0 aromatic heterocycles. The molecule has 2 unspecified atom stereocenters. The van der Waals surface area contributed by atoms with E-state index in [-0.39, 0.29) is 6.10 Å². The van der Waals surface area contributed by atoms with Crippen LogP contribution in [0.5, 0.6) is 0 Å². The molecule has 2 atom stereocenters. The number of ether oxygens (including phenoxy) is 1. The van der Waals surface area contributed by atoms with E-state index in [1.807, 2.05) is 0 Å². The van der Waals surface area contributed by atoms with E-state index >= 15 is 0 Å². The van der Waals surface area contributed by atoms with Gasteiger partial charge in [0.05, 0.1) is 6.10 Å². The molecule has 102 valence electrons. The van der Waals surface area contributed by atoms with Gasteiger partial charge in [0.2, 0.25) is 0 Å². The summed E-state index contributed by atoms with van der Waals surface area (Å²) in [7, 11) is 1.76. The van der Waals surface area contributed by atoms with Crippen molar-refractivity contribution in [2.24, 2.45) is 17.1 Å². The Morgan fingerprint density at radius 3 is 2.53 bits per heavy atom. The van der Waals surface area contributed by atoms with Crippen LogP contribution in [0.2, 0.25) is 0 Å². The van der Waals surface area contributed by atoms with Crippen LogP contribution in [-0.4, -0.2) is 44.3 Å². The van der Waals surface area contributed by atoms with Crippen LogP contribution in [0, 0.1) is 11.3 Å². The molecule has 3 nitrogen and oxygen atoms in total. The third-order valence-electron chi connectivity index (χ3n) is 4.10. The molecule has 0 aliphatic carbocycles. The van der Waals surface area contributed by atoms with Crippen LogP contribution < -0.4 is 5.73 Å². The molecule has 0 spiro atoms. The van der Waals surface area contributed by atoms with Crippen molar-refractivity contribution in [3.8, 4) is 0 Å². The van der Waals surface area contributed by atoms with E-state index in [0.717, 1.165) is 12.5 Å². The summed E-state index contributed by atoms with van der Waals surface area (Å²) >= 11 is 0. The SMILES string of the molecule is COC(CN)CN1CCCC(C(C)(C)C)CC1. The van der Waals surface area contributed by atoms with Crippen molar-refractivity contribution in [1.82, 2.24) is 4.90 Å². The molecule has 0 aromatic rings. The summed E-state index contributed by atoms with van der Waals surface area (Å²) in [4.78, 5) is 2.52. The van der Waals surface area contributed by atoms with Crippen LogP contribution in [0.25, 0.3) is 0 Å². The monoisotopic (exact) mass is 242 g/mol. The first-order valence-corrected chi connectivity index (χ1v) is 6.92. The minimum atomic E-state index is 0.196. The standard InChI is InChI=1S/C14H30N2O/c1-14(2,3)12-6-5-8-16(9-7-12)11-13(10-15)17-4/h12-13H,5-11,15H2,1-4H3. The van der Waals surface area contributed by atoms with E-state index in [0.29, 0.717) is 12.0 Å². The van der Waals surface area contributed by atoms with Gasteiger partial charge in [0.15, 0.2) is 0 Å². The minimum absolute atomic E-state index is 0.196. The lowest BCUT2D eigenvalue weighted by Gasteiger charge is -2.30. The minimum Gasteiger partial charge on any atom is -0.379 e. The van der Waals surface area contributed by atoms with Gasteiger partial charge in [-0.25, -0.2) is 0 Å². The second-order valence-corrected chi connectivity index (χ2v) is 6.39. The third-order valence-corrected chi connectivity index (χ3v) is 4.10. The van der Waals surface area contributed by atoms with Crippen molar-refractivity contribution < 1.29 is 4.74 Å². The number of rotatable bonds is 4. The van der Waals surface area contributed by atoms with Gasteiger partial charge in [-0.3, -0.25) is 0 Å². The molecule has 1 saturated heterocycles. The van der Waals surface area contributed by atoms with E-state index in [2.05, 4.69) is 25.7 Å². The molecule has 1 aliphatic rings. The fourth-order valence-corrected chi connectivity index (χ4v) is 2.74. The Hall–Kier alpha value is -0.120. The Labute approximate surface area is 107 Å². The van der Waals surface area contributed by atoms with Crippen molar-refractivity contribution in [1.29, 1.82) is 0 Å². The lowest BCUT2D eigenvalue weighted by atomic mass is 9.77. The lowest BCUT2D eigenvalue weighted by Crippen LogP contribution is -2.38. The van der Waals surface area contributed by atoms with Crippen LogP contribution in [0.1, 0.15) is 40.0 Å². The van der Waals surface area contributed by atoms with E-state index < -0.39 is 0 Å². The Balaban J connectivity index is 2.42. The molecule has 1 rings (SSSR count). The number of nitrogens with two attached hydrogens (primary N) is 1. The first kappa shape index (κ1) is 14.9. The van der Waals surface area contributed by atoms with Crippen molar-refractivity contribution in [2.75, 3.05) is 33.3 Å². The average molecular weight is 242 g/mol. The van der Waals surface area contributed by atoms with Gasteiger partial charge in [-0.2, -0.15) is 0 Å². The Bertz CT molecular complexity index is 209. The van der Waals surface area contributed by atoms with Gasteiger partial charge in [-0.1, -0.05) is 20.8 Å². The summed E-state index contributed by atoms with van der Waals surface area (Å²) in [6.45, 7) is 11.1. The maximum Gasteiger partial charge on any atom is 0.0820 e. The van der Waals surface area contributed by atoms with Gasteiger partial charge < -0.3 is 15.4 Å². The largest absolute Gasteiger partial charge is 0.379 e. The van der Waals surface area contributed by atoms with Crippen LogP contribution in [-0.2, 0) is 4.74 Å². The van der Waals surface area contributed by atoms with Crippen molar-refractivity contribution in [2.45, 2.75) is 46.1 Å². The Morgan fingerprint density at radius 2 is 2.00 bits per heavy atom. The molecule has 0 saturated carbocycles. The van der Waals surface area contributed by atoms with Gasteiger partial charge in [-0.05, 0) is 43.7 Å². The highest BCUT2D eigenvalue weighted by Crippen LogP contribution is 2.34. The zero-order valence-corrected chi connectivity index (χ0v) is 12.0. The molecule has 0 amide bonds. The van der Waals surface area contributed by atoms with Gasteiger partial charge in [0, 0.05) is 20.2 Å². The van der Waals surface area contributed by atoms with E-state index in [4.69, 9.17) is 10.5 Å². The highest BCUT2D eigenvalue weighted by atomic mass is 16.5. The number of nitrogens with zero attached hydrogens (tertiary/aromatic N) is 1. The molecule has 3 heteroatoms. The van der Waals surface area contributed by atoms with Crippen molar-refractivity contribution in [3.05, 3.63) is 0 Å². The Kier molecular flexibility index (Phi) is 5.90. The molecule has 2 N–H and O–H groups in total. The summed E-state index contributed by atoms with van der Waals surface area (Å²) in [6, 6.07) is 0. The Morgan fingerprint density at radius 1 is 1.29 bits per heavy atom. The quantitative estimate of drug-likeness (QED) is 0.820. The maximum atomic E-state index is 5.68. The summed E-state index contributed by atoms with van der Waals surface area (Å²) in [5.74, 6) is 0.853. The van der Waals surface area contributed by atoms with Gasteiger partial charge in [0.25, 0.3) is 0 Å². The normalized spacial score (nSPS) is 25.6.